The highest BCUT2D eigenvalue weighted by molar-refractivity contribution is 6.31. The topological polar surface area (TPSA) is 93.2 Å². The lowest BCUT2D eigenvalue weighted by atomic mass is 10.2. The molecule has 3 N–H and O–H groups in total. The minimum Gasteiger partial charge on any atom is -0.369 e. The fourth-order valence-corrected chi connectivity index (χ4v) is 2.30. The number of halogens is 1. The second-order valence-corrected chi connectivity index (χ2v) is 5.56. The van der Waals surface area contributed by atoms with Crippen molar-refractivity contribution < 1.29 is 9.59 Å². The van der Waals surface area contributed by atoms with Crippen LogP contribution >= 0.6 is 11.6 Å². The molecule has 0 saturated heterocycles. The molecule has 0 aliphatic rings. The highest BCUT2D eigenvalue weighted by Crippen LogP contribution is 2.18. The third kappa shape index (κ3) is 5.08. The first-order valence-corrected chi connectivity index (χ1v) is 7.35. The van der Waals surface area contributed by atoms with E-state index in [1.807, 2.05) is 18.2 Å². The number of nitrogens with one attached hydrogen (secondary N) is 1. The number of hydrogen-bond donors (Lipinski definition) is 2. The average molecular weight is 336 g/mol. The number of amides is 2. The first-order valence-electron chi connectivity index (χ1n) is 6.97. The van der Waals surface area contributed by atoms with E-state index >= 15 is 0 Å². The van der Waals surface area contributed by atoms with Crippen molar-refractivity contribution >= 4 is 29.2 Å². The van der Waals surface area contributed by atoms with Crippen LogP contribution in [-0.2, 0) is 16.1 Å². The number of benzene rings is 1. The quantitative estimate of drug-likeness (QED) is 0.787. The summed E-state index contributed by atoms with van der Waals surface area (Å²) in [6, 6.07) is 9.14. The largest absolute Gasteiger partial charge is 0.369 e. The minimum absolute atomic E-state index is 0.0201. The van der Waals surface area contributed by atoms with Gasteiger partial charge in [-0.2, -0.15) is 5.10 Å². The number of carbonyl (C=O) groups is 2. The van der Waals surface area contributed by atoms with Crippen molar-refractivity contribution in [3.63, 3.8) is 0 Å². The number of likely N-dealkylation sites (N-methyl/N-ethyl adjacent to an activating group) is 1. The van der Waals surface area contributed by atoms with E-state index in [0.29, 0.717) is 17.4 Å². The third-order valence-electron chi connectivity index (χ3n) is 3.10. The highest BCUT2D eigenvalue weighted by atomic mass is 35.5. The average Bonchev–Trinajstić information content (AvgIpc) is 2.87. The van der Waals surface area contributed by atoms with Gasteiger partial charge in [0.25, 0.3) is 0 Å². The molecule has 0 atom stereocenters. The van der Waals surface area contributed by atoms with Crippen molar-refractivity contribution in [2.24, 2.45) is 5.73 Å². The van der Waals surface area contributed by atoms with Crippen LogP contribution in [0.1, 0.15) is 5.56 Å². The lowest BCUT2D eigenvalue weighted by Crippen LogP contribution is -2.36. The van der Waals surface area contributed by atoms with Gasteiger partial charge in [-0.05, 0) is 18.7 Å². The minimum atomic E-state index is -0.482. The lowest BCUT2D eigenvalue weighted by molar-refractivity contribution is -0.120. The molecule has 2 rings (SSSR count). The zero-order valence-corrected chi connectivity index (χ0v) is 13.5. The first kappa shape index (κ1) is 17.0. The number of nitrogens with zero attached hydrogens (tertiary/aromatic N) is 3. The summed E-state index contributed by atoms with van der Waals surface area (Å²) in [6.07, 6.45) is 1.60. The Morgan fingerprint density at radius 2 is 2.04 bits per heavy atom. The van der Waals surface area contributed by atoms with Crippen LogP contribution in [0.5, 0.6) is 0 Å². The molecule has 122 valence electrons. The molecular weight excluding hydrogens is 318 g/mol. The van der Waals surface area contributed by atoms with Crippen molar-refractivity contribution in [3.05, 3.63) is 47.1 Å². The van der Waals surface area contributed by atoms with Crippen LogP contribution in [0.2, 0.25) is 5.02 Å². The van der Waals surface area contributed by atoms with E-state index in [9.17, 15) is 9.59 Å². The Morgan fingerprint density at radius 1 is 1.30 bits per heavy atom. The maximum atomic E-state index is 12.0. The van der Waals surface area contributed by atoms with Crippen molar-refractivity contribution in [1.29, 1.82) is 0 Å². The summed E-state index contributed by atoms with van der Waals surface area (Å²) in [4.78, 5) is 24.4. The molecule has 1 aromatic carbocycles. The number of anilines is 1. The first-order chi connectivity index (χ1) is 11.0. The van der Waals surface area contributed by atoms with Gasteiger partial charge in [-0.1, -0.05) is 29.8 Å². The van der Waals surface area contributed by atoms with Crippen LogP contribution < -0.4 is 11.1 Å². The van der Waals surface area contributed by atoms with Crippen LogP contribution in [0.3, 0.4) is 0 Å². The normalized spacial score (nSPS) is 10.7. The molecule has 1 heterocycles. The van der Waals surface area contributed by atoms with Crippen molar-refractivity contribution in [3.8, 4) is 0 Å². The van der Waals surface area contributed by atoms with Crippen molar-refractivity contribution in [2.45, 2.75) is 6.54 Å². The number of primary amides is 1. The van der Waals surface area contributed by atoms with Gasteiger partial charge in [0.15, 0.2) is 0 Å². The molecule has 0 saturated carbocycles. The molecule has 1 aromatic heterocycles. The number of nitrogens with two attached hydrogens (primary N) is 1. The zero-order valence-electron chi connectivity index (χ0n) is 12.7. The summed E-state index contributed by atoms with van der Waals surface area (Å²) in [5.74, 6) is -0.180. The maximum Gasteiger partial charge on any atom is 0.239 e. The van der Waals surface area contributed by atoms with Crippen LogP contribution in [0, 0.1) is 0 Å². The fraction of sp³-hybridized carbons (Fsp3) is 0.267. The van der Waals surface area contributed by atoms with Gasteiger partial charge in [0.05, 0.1) is 25.8 Å². The number of aromatic nitrogens is 2. The molecule has 7 nitrogen and oxygen atoms in total. The fourth-order valence-electron chi connectivity index (χ4n) is 2.10. The Bertz CT molecular complexity index is 701. The summed E-state index contributed by atoms with van der Waals surface area (Å²) in [6.45, 7) is 0.520. The van der Waals surface area contributed by atoms with E-state index < -0.39 is 5.91 Å². The number of carbonyl (C=O) groups excluding carboxylic acids is 2. The van der Waals surface area contributed by atoms with E-state index in [0.717, 1.165) is 5.56 Å². The summed E-state index contributed by atoms with van der Waals surface area (Å²) < 4.78 is 1.65. The van der Waals surface area contributed by atoms with Gasteiger partial charge >= 0.3 is 0 Å². The predicted octanol–water partition coefficient (Wildman–Crippen LogP) is 0.940. The number of hydrogen-bond acceptors (Lipinski definition) is 4. The van der Waals surface area contributed by atoms with Gasteiger partial charge in [0.2, 0.25) is 11.8 Å². The van der Waals surface area contributed by atoms with Crippen LogP contribution in [-0.4, -0.2) is 46.6 Å². The summed E-state index contributed by atoms with van der Waals surface area (Å²) in [5.41, 5.74) is 5.99. The van der Waals surface area contributed by atoms with E-state index in [-0.39, 0.29) is 19.0 Å². The SMILES string of the molecule is CN(CC(N)=O)CC(=O)Nc1ccnn1Cc1ccccc1Cl. The van der Waals surface area contributed by atoms with E-state index in [4.69, 9.17) is 17.3 Å². The van der Waals surface area contributed by atoms with Gasteiger partial charge in [0, 0.05) is 11.1 Å². The molecule has 0 fully saturated rings. The molecule has 0 aliphatic carbocycles. The molecule has 0 unspecified atom stereocenters. The molecular formula is C15H18ClN5O2. The van der Waals surface area contributed by atoms with E-state index in [1.54, 1.807) is 30.1 Å². The Labute approximate surface area is 139 Å². The molecule has 0 bridgehead atoms. The standard InChI is InChI=1S/C15H18ClN5O2/c1-20(9-13(17)22)10-15(23)19-14-6-7-18-21(14)8-11-4-2-3-5-12(11)16/h2-7H,8-10H2,1H3,(H2,17,22)(H,19,23). The summed E-state index contributed by atoms with van der Waals surface area (Å²) in [7, 11) is 1.64. The van der Waals surface area contributed by atoms with E-state index in [2.05, 4.69) is 10.4 Å². The van der Waals surface area contributed by atoms with Gasteiger partial charge < -0.3 is 11.1 Å². The number of rotatable bonds is 7. The summed E-state index contributed by atoms with van der Waals surface area (Å²) in [5, 5.41) is 7.59. The van der Waals surface area contributed by atoms with Crippen molar-refractivity contribution in [1.82, 2.24) is 14.7 Å². The van der Waals surface area contributed by atoms with Gasteiger partial charge in [-0.3, -0.25) is 14.5 Å². The molecule has 8 heteroatoms. The monoisotopic (exact) mass is 335 g/mol. The summed E-state index contributed by atoms with van der Waals surface area (Å²) >= 11 is 6.14. The van der Waals surface area contributed by atoms with Crippen LogP contribution in [0.25, 0.3) is 0 Å². The highest BCUT2D eigenvalue weighted by Gasteiger charge is 2.12. The Hall–Kier alpha value is -2.38. The van der Waals surface area contributed by atoms with Gasteiger partial charge in [-0.15, -0.1) is 0 Å². The van der Waals surface area contributed by atoms with Crippen LogP contribution in [0.15, 0.2) is 36.5 Å². The van der Waals surface area contributed by atoms with Crippen LogP contribution in [0.4, 0.5) is 5.82 Å². The smallest absolute Gasteiger partial charge is 0.239 e. The predicted molar refractivity (Wildman–Crippen MR) is 88.1 cm³/mol. The Balaban J connectivity index is 2.00. The Morgan fingerprint density at radius 3 is 2.74 bits per heavy atom. The lowest BCUT2D eigenvalue weighted by Gasteiger charge is -2.15. The molecule has 0 aliphatic heterocycles. The molecule has 0 spiro atoms. The Kier molecular flexibility index (Phi) is 5.72. The van der Waals surface area contributed by atoms with Gasteiger partial charge in [0.1, 0.15) is 5.82 Å². The second kappa shape index (κ2) is 7.75. The zero-order chi connectivity index (χ0) is 16.8. The molecule has 2 aromatic rings. The molecule has 0 radical (unpaired) electrons. The van der Waals surface area contributed by atoms with Gasteiger partial charge in [-0.25, -0.2) is 4.68 Å². The maximum absolute atomic E-state index is 12.0. The van der Waals surface area contributed by atoms with Crippen molar-refractivity contribution in [2.75, 3.05) is 25.5 Å². The second-order valence-electron chi connectivity index (χ2n) is 5.15. The molecule has 2 amide bonds. The third-order valence-corrected chi connectivity index (χ3v) is 3.47. The molecule has 23 heavy (non-hydrogen) atoms. The van der Waals surface area contributed by atoms with E-state index in [1.165, 1.54) is 4.90 Å².